The van der Waals surface area contributed by atoms with E-state index in [2.05, 4.69) is 24.9 Å². The molecule has 19 heavy (non-hydrogen) atoms. The van der Waals surface area contributed by atoms with Crippen LogP contribution < -0.4 is 0 Å². The van der Waals surface area contributed by atoms with Gasteiger partial charge in [0.2, 0.25) is 0 Å². The lowest BCUT2D eigenvalue weighted by Gasteiger charge is -2.25. The lowest BCUT2D eigenvalue weighted by Crippen LogP contribution is -2.35. The van der Waals surface area contributed by atoms with Gasteiger partial charge in [0, 0.05) is 35.0 Å². The number of hydrogen-bond acceptors (Lipinski definition) is 4. The predicted octanol–water partition coefficient (Wildman–Crippen LogP) is 2.46. The Labute approximate surface area is 117 Å². The molecule has 104 valence electrons. The van der Waals surface area contributed by atoms with Crippen molar-refractivity contribution < 1.29 is 14.6 Å². The molecule has 0 aromatic carbocycles. The smallest absolute Gasteiger partial charge is 0.328 e. The van der Waals surface area contributed by atoms with Crippen molar-refractivity contribution in [2.45, 2.75) is 32.0 Å². The quantitative estimate of drug-likeness (QED) is 0.842. The lowest BCUT2D eigenvalue weighted by atomic mass is 10.1. The van der Waals surface area contributed by atoms with Crippen LogP contribution in [0.15, 0.2) is 18.2 Å². The highest BCUT2D eigenvalue weighted by Gasteiger charge is 2.27. The van der Waals surface area contributed by atoms with E-state index in [0.717, 1.165) is 24.4 Å². The number of hydrogen-bond donors (Lipinski definition) is 1. The largest absolute Gasteiger partial charge is 0.478 e. The Bertz CT molecular complexity index is 469. The minimum absolute atomic E-state index is 0.288. The average Bonchev–Trinajstić information content (AvgIpc) is 2.95. The fraction of sp³-hybridized carbons (Fsp3) is 0.500. The topological polar surface area (TPSA) is 49.8 Å². The van der Waals surface area contributed by atoms with Gasteiger partial charge in [0.15, 0.2) is 0 Å². The van der Waals surface area contributed by atoms with Gasteiger partial charge < -0.3 is 9.84 Å². The molecular formula is C14H19NO3S. The highest BCUT2D eigenvalue weighted by molar-refractivity contribution is 7.12. The van der Waals surface area contributed by atoms with Crippen LogP contribution in [0.1, 0.15) is 23.1 Å². The summed E-state index contributed by atoms with van der Waals surface area (Å²) in [5.41, 5.74) is 0. The van der Waals surface area contributed by atoms with Crippen LogP contribution in [0.3, 0.4) is 0 Å². The third-order valence-electron chi connectivity index (χ3n) is 3.38. The summed E-state index contributed by atoms with van der Waals surface area (Å²) in [5, 5.41) is 8.60. The number of thiophene rings is 1. The van der Waals surface area contributed by atoms with Crippen LogP contribution >= 0.6 is 11.3 Å². The van der Waals surface area contributed by atoms with Gasteiger partial charge in [-0.3, -0.25) is 4.90 Å². The Morgan fingerprint density at radius 3 is 3.05 bits per heavy atom. The Kier molecular flexibility index (Phi) is 4.74. The minimum atomic E-state index is -0.913. The summed E-state index contributed by atoms with van der Waals surface area (Å²) in [6.07, 6.45) is 4.18. The number of likely N-dealkylation sites (N-methyl/N-ethyl adjacent to an activating group) is 1. The summed E-state index contributed by atoms with van der Waals surface area (Å²) < 4.78 is 5.58. The molecule has 1 aromatic heterocycles. The van der Waals surface area contributed by atoms with Gasteiger partial charge in [-0.1, -0.05) is 0 Å². The number of carboxylic acids is 1. The molecule has 0 spiro atoms. The van der Waals surface area contributed by atoms with E-state index in [1.54, 1.807) is 17.4 Å². The summed E-state index contributed by atoms with van der Waals surface area (Å²) in [7, 11) is 2.11. The van der Waals surface area contributed by atoms with Crippen molar-refractivity contribution in [3.8, 4) is 0 Å². The second-order valence-electron chi connectivity index (χ2n) is 4.82. The third kappa shape index (κ3) is 3.89. The van der Waals surface area contributed by atoms with E-state index in [9.17, 15) is 4.79 Å². The fourth-order valence-electron chi connectivity index (χ4n) is 2.38. The maximum atomic E-state index is 10.5. The maximum Gasteiger partial charge on any atom is 0.328 e. The van der Waals surface area contributed by atoms with Crippen molar-refractivity contribution in [2.24, 2.45) is 0 Å². The van der Waals surface area contributed by atoms with Crippen molar-refractivity contribution in [1.82, 2.24) is 4.90 Å². The first-order valence-corrected chi connectivity index (χ1v) is 7.19. The van der Waals surface area contributed by atoms with E-state index in [1.165, 1.54) is 11.0 Å². The van der Waals surface area contributed by atoms with Crippen LogP contribution in [0.25, 0.3) is 6.08 Å². The average molecular weight is 281 g/mol. The van der Waals surface area contributed by atoms with Crippen LogP contribution in [0.4, 0.5) is 0 Å². The number of aliphatic carboxylic acids is 1. The molecule has 1 aliphatic heterocycles. The molecule has 5 heteroatoms. The number of carbonyl (C=O) groups is 1. The summed E-state index contributed by atoms with van der Waals surface area (Å²) in [6.45, 7) is 3.83. The Balaban J connectivity index is 1.94. The lowest BCUT2D eigenvalue weighted by molar-refractivity contribution is -0.131. The highest BCUT2D eigenvalue weighted by atomic mass is 32.1. The first-order chi connectivity index (χ1) is 9.06. The maximum absolute atomic E-state index is 10.5. The Morgan fingerprint density at radius 2 is 2.42 bits per heavy atom. The molecule has 0 aliphatic carbocycles. The van der Waals surface area contributed by atoms with Crippen molar-refractivity contribution >= 4 is 23.4 Å². The van der Waals surface area contributed by atoms with E-state index in [-0.39, 0.29) is 6.10 Å². The van der Waals surface area contributed by atoms with E-state index in [0.29, 0.717) is 6.04 Å². The van der Waals surface area contributed by atoms with Gasteiger partial charge in [-0.2, -0.15) is 0 Å². The summed E-state index contributed by atoms with van der Waals surface area (Å²) in [6, 6.07) is 4.49. The molecule has 2 rings (SSSR count). The van der Waals surface area contributed by atoms with Crippen LogP contribution in [-0.2, 0) is 16.1 Å². The normalized spacial score (nSPS) is 23.5. The first kappa shape index (κ1) is 14.2. The summed E-state index contributed by atoms with van der Waals surface area (Å²) in [5.74, 6) is -0.913. The Hall–Kier alpha value is -1.17. The van der Waals surface area contributed by atoms with Crippen LogP contribution in [0.5, 0.6) is 0 Å². The van der Waals surface area contributed by atoms with Crippen molar-refractivity contribution in [1.29, 1.82) is 0 Å². The van der Waals surface area contributed by atoms with Crippen molar-refractivity contribution in [3.05, 3.63) is 28.0 Å². The number of ether oxygens (including phenoxy) is 1. The van der Waals surface area contributed by atoms with Crippen LogP contribution in [-0.4, -0.2) is 41.8 Å². The predicted molar refractivity (Wildman–Crippen MR) is 76.3 cm³/mol. The zero-order chi connectivity index (χ0) is 13.8. The molecule has 1 aromatic rings. The SMILES string of the molecule is CC1OCCC1N(C)Cc1ccc(/C=C/C(=O)O)s1. The van der Waals surface area contributed by atoms with Gasteiger partial charge in [-0.25, -0.2) is 4.79 Å². The molecule has 2 atom stereocenters. The monoisotopic (exact) mass is 281 g/mol. The van der Waals surface area contributed by atoms with Gasteiger partial charge in [0.05, 0.1) is 6.10 Å². The molecule has 1 fully saturated rings. The molecule has 1 saturated heterocycles. The second-order valence-corrected chi connectivity index (χ2v) is 6.02. The van der Waals surface area contributed by atoms with Crippen LogP contribution in [0, 0.1) is 0 Å². The zero-order valence-corrected chi connectivity index (χ0v) is 12.0. The van der Waals surface area contributed by atoms with Gasteiger partial charge in [-0.05, 0) is 38.6 Å². The molecule has 0 amide bonds. The van der Waals surface area contributed by atoms with Gasteiger partial charge in [0.25, 0.3) is 0 Å². The van der Waals surface area contributed by atoms with E-state index in [1.807, 2.05) is 6.07 Å². The van der Waals surface area contributed by atoms with E-state index >= 15 is 0 Å². The van der Waals surface area contributed by atoms with Gasteiger partial charge in [-0.15, -0.1) is 11.3 Å². The molecule has 0 radical (unpaired) electrons. The molecule has 4 nitrogen and oxygen atoms in total. The fourth-order valence-corrected chi connectivity index (χ4v) is 3.36. The number of nitrogens with zero attached hydrogens (tertiary/aromatic N) is 1. The highest BCUT2D eigenvalue weighted by Crippen LogP contribution is 2.23. The third-order valence-corrected chi connectivity index (χ3v) is 4.42. The van der Waals surface area contributed by atoms with Gasteiger partial charge >= 0.3 is 5.97 Å². The number of carboxylic acid groups (broad SMARTS) is 1. The van der Waals surface area contributed by atoms with Crippen molar-refractivity contribution in [2.75, 3.05) is 13.7 Å². The van der Waals surface area contributed by atoms with Crippen molar-refractivity contribution in [3.63, 3.8) is 0 Å². The molecule has 0 bridgehead atoms. The number of rotatable bonds is 5. The molecular weight excluding hydrogens is 262 g/mol. The second kappa shape index (κ2) is 6.32. The van der Waals surface area contributed by atoms with Gasteiger partial charge in [0.1, 0.15) is 0 Å². The first-order valence-electron chi connectivity index (χ1n) is 6.38. The minimum Gasteiger partial charge on any atom is -0.478 e. The molecule has 2 unspecified atom stereocenters. The molecule has 1 N–H and O–H groups in total. The standard InChI is InChI=1S/C14H19NO3S/c1-10-13(7-8-18-10)15(2)9-12-4-3-11(19-12)5-6-14(16)17/h3-6,10,13H,7-9H2,1-2H3,(H,16,17)/b6-5+. The summed E-state index contributed by atoms with van der Waals surface area (Å²) >= 11 is 1.63. The molecule has 0 saturated carbocycles. The summed E-state index contributed by atoms with van der Waals surface area (Å²) in [4.78, 5) is 15.0. The zero-order valence-electron chi connectivity index (χ0n) is 11.2. The van der Waals surface area contributed by atoms with E-state index in [4.69, 9.17) is 9.84 Å². The molecule has 2 heterocycles. The van der Waals surface area contributed by atoms with Crippen LogP contribution in [0.2, 0.25) is 0 Å². The molecule has 1 aliphatic rings. The Morgan fingerprint density at radius 1 is 1.63 bits per heavy atom. The van der Waals surface area contributed by atoms with E-state index < -0.39 is 5.97 Å².